The van der Waals surface area contributed by atoms with Gasteiger partial charge in [-0.1, -0.05) is 25.3 Å². The highest BCUT2D eigenvalue weighted by atomic mass is 19.1. The van der Waals surface area contributed by atoms with Crippen molar-refractivity contribution in [1.29, 1.82) is 0 Å². The van der Waals surface area contributed by atoms with Crippen LogP contribution in [0.2, 0.25) is 0 Å². The normalized spacial score (nSPS) is 16.2. The molecule has 0 spiro atoms. The summed E-state index contributed by atoms with van der Waals surface area (Å²) < 4.78 is 13.9. The summed E-state index contributed by atoms with van der Waals surface area (Å²) in [5.74, 6) is 0.505. The number of rotatable bonds is 5. The molecule has 0 N–H and O–H groups in total. The van der Waals surface area contributed by atoms with Gasteiger partial charge in [0, 0.05) is 31.6 Å². The summed E-state index contributed by atoms with van der Waals surface area (Å²) >= 11 is 0. The van der Waals surface area contributed by atoms with Gasteiger partial charge in [-0.3, -0.25) is 0 Å². The smallest absolute Gasteiger partial charge is 0.149 e. The fourth-order valence-electron chi connectivity index (χ4n) is 3.46. The van der Waals surface area contributed by atoms with Crippen LogP contribution < -0.4 is 4.90 Å². The molecule has 2 aromatic rings. The number of halogens is 1. The summed E-state index contributed by atoms with van der Waals surface area (Å²) in [5, 5.41) is 0.773. The van der Waals surface area contributed by atoms with Crippen LogP contribution in [0.4, 0.5) is 10.2 Å². The number of likely N-dealkylation sites (N-methyl/N-ethyl adjacent to an activating group) is 2. The Labute approximate surface area is 137 Å². The molecule has 0 unspecified atom stereocenters. The predicted octanol–water partition coefficient (Wildman–Crippen LogP) is 3.47. The molecule has 0 saturated heterocycles. The lowest BCUT2D eigenvalue weighted by Crippen LogP contribution is -2.38. The molecule has 0 aliphatic heterocycles. The molecule has 1 heterocycles. The van der Waals surface area contributed by atoms with Crippen molar-refractivity contribution in [3.8, 4) is 0 Å². The maximum atomic E-state index is 13.9. The lowest BCUT2D eigenvalue weighted by atomic mass is 9.94. The first-order valence-corrected chi connectivity index (χ1v) is 8.47. The topological polar surface area (TPSA) is 32.3 Å². The van der Waals surface area contributed by atoms with E-state index in [0.29, 0.717) is 11.6 Å². The van der Waals surface area contributed by atoms with Gasteiger partial charge in [-0.2, -0.15) is 0 Å². The second-order valence-corrected chi connectivity index (χ2v) is 6.53. The Kier molecular flexibility index (Phi) is 5.06. The zero-order valence-electron chi connectivity index (χ0n) is 14.0. The molecule has 1 aliphatic carbocycles. The van der Waals surface area contributed by atoms with Crippen LogP contribution in [-0.4, -0.2) is 48.1 Å². The molecular formula is C18H25FN4. The number of fused-ring (bicyclic) bond motifs is 1. The lowest BCUT2D eigenvalue weighted by Gasteiger charge is -2.32. The van der Waals surface area contributed by atoms with Crippen molar-refractivity contribution in [2.45, 2.75) is 38.1 Å². The maximum Gasteiger partial charge on any atom is 0.149 e. The number of hydrogen-bond acceptors (Lipinski definition) is 4. The zero-order valence-corrected chi connectivity index (χ0v) is 14.0. The van der Waals surface area contributed by atoms with Crippen LogP contribution in [0.15, 0.2) is 24.5 Å². The van der Waals surface area contributed by atoms with E-state index in [0.717, 1.165) is 24.3 Å². The third-order valence-corrected chi connectivity index (χ3v) is 4.94. The first-order valence-electron chi connectivity index (χ1n) is 8.47. The van der Waals surface area contributed by atoms with Gasteiger partial charge in [0.05, 0.1) is 0 Å². The molecule has 0 atom stereocenters. The zero-order chi connectivity index (χ0) is 16.2. The van der Waals surface area contributed by atoms with Gasteiger partial charge in [0.1, 0.15) is 23.5 Å². The fraction of sp³-hybridized carbons (Fsp3) is 0.556. The molecule has 23 heavy (non-hydrogen) atoms. The summed E-state index contributed by atoms with van der Waals surface area (Å²) in [7, 11) is 4.23. The standard InChI is InChI=1S/C18H25FN4/c1-22(14-7-4-3-5-8-14)11-12-23(2)18-15-9-6-10-16(19)17(15)20-13-21-18/h6,9-10,13-14H,3-5,7-8,11-12H2,1-2H3. The summed E-state index contributed by atoms with van der Waals surface area (Å²) in [4.78, 5) is 13.0. The number of anilines is 1. The molecular weight excluding hydrogens is 291 g/mol. The van der Waals surface area contributed by atoms with Crippen molar-refractivity contribution in [2.24, 2.45) is 0 Å². The number of nitrogens with zero attached hydrogens (tertiary/aromatic N) is 4. The Hall–Kier alpha value is -1.75. The molecule has 1 saturated carbocycles. The van der Waals surface area contributed by atoms with Gasteiger partial charge in [-0.25, -0.2) is 14.4 Å². The van der Waals surface area contributed by atoms with Crippen LogP contribution in [0.25, 0.3) is 10.9 Å². The summed E-state index contributed by atoms with van der Waals surface area (Å²) in [5.41, 5.74) is 0.394. The van der Waals surface area contributed by atoms with E-state index in [9.17, 15) is 4.39 Å². The first kappa shape index (κ1) is 16.1. The highest BCUT2D eigenvalue weighted by molar-refractivity contribution is 5.89. The molecule has 3 rings (SSSR count). The average molecular weight is 316 g/mol. The van der Waals surface area contributed by atoms with E-state index in [1.54, 1.807) is 6.07 Å². The van der Waals surface area contributed by atoms with E-state index in [-0.39, 0.29) is 5.82 Å². The van der Waals surface area contributed by atoms with E-state index in [1.807, 2.05) is 13.1 Å². The molecule has 1 aromatic heterocycles. The Bertz CT molecular complexity index is 655. The Balaban J connectivity index is 1.68. The van der Waals surface area contributed by atoms with Crippen molar-refractivity contribution < 1.29 is 4.39 Å². The molecule has 4 nitrogen and oxygen atoms in total. The quantitative estimate of drug-likeness (QED) is 0.845. The van der Waals surface area contributed by atoms with Crippen LogP contribution in [-0.2, 0) is 0 Å². The molecule has 1 aliphatic rings. The van der Waals surface area contributed by atoms with E-state index in [1.165, 1.54) is 44.5 Å². The van der Waals surface area contributed by atoms with Crippen molar-refractivity contribution in [3.05, 3.63) is 30.3 Å². The number of benzene rings is 1. The third kappa shape index (κ3) is 3.61. The number of hydrogen-bond donors (Lipinski definition) is 0. The summed E-state index contributed by atoms with van der Waals surface area (Å²) in [6, 6.07) is 5.74. The minimum Gasteiger partial charge on any atom is -0.358 e. The summed E-state index contributed by atoms with van der Waals surface area (Å²) in [6.45, 7) is 1.86. The summed E-state index contributed by atoms with van der Waals surface area (Å²) in [6.07, 6.45) is 8.13. The van der Waals surface area contributed by atoms with Crippen LogP contribution >= 0.6 is 0 Å². The third-order valence-electron chi connectivity index (χ3n) is 4.94. The van der Waals surface area contributed by atoms with E-state index >= 15 is 0 Å². The Morgan fingerprint density at radius 1 is 1.09 bits per heavy atom. The fourth-order valence-corrected chi connectivity index (χ4v) is 3.46. The van der Waals surface area contributed by atoms with Gasteiger partial charge in [-0.05, 0) is 32.0 Å². The second kappa shape index (κ2) is 7.21. The van der Waals surface area contributed by atoms with E-state index in [4.69, 9.17) is 0 Å². The number of para-hydroxylation sites is 1. The van der Waals surface area contributed by atoms with Crippen molar-refractivity contribution in [2.75, 3.05) is 32.1 Å². The molecule has 0 radical (unpaired) electrons. The van der Waals surface area contributed by atoms with Gasteiger partial charge in [-0.15, -0.1) is 0 Å². The lowest BCUT2D eigenvalue weighted by molar-refractivity contribution is 0.196. The van der Waals surface area contributed by atoms with E-state index < -0.39 is 0 Å². The van der Waals surface area contributed by atoms with Gasteiger partial charge in [0.2, 0.25) is 0 Å². The monoisotopic (exact) mass is 316 g/mol. The molecule has 1 fully saturated rings. The van der Waals surface area contributed by atoms with Crippen LogP contribution in [0.1, 0.15) is 32.1 Å². The first-order chi connectivity index (χ1) is 11.2. The molecule has 0 amide bonds. The van der Waals surface area contributed by atoms with Crippen LogP contribution in [0.5, 0.6) is 0 Å². The minimum atomic E-state index is -0.293. The van der Waals surface area contributed by atoms with Crippen molar-refractivity contribution in [3.63, 3.8) is 0 Å². The SMILES string of the molecule is CN(CCN(C)C1CCCCC1)c1ncnc2c(F)cccc12. The highest BCUT2D eigenvalue weighted by Gasteiger charge is 2.18. The minimum absolute atomic E-state index is 0.293. The van der Waals surface area contributed by atoms with Gasteiger partial charge >= 0.3 is 0 Å². The van der Waals surface area contributed by atoms with Gasteiger partial charge in [0.15, 0.2) is 0 Å². The van der Waals surface area contributed by atoms with E-state index in [2.05, 4.69) is 26.8 Å². The predicted molar refractivity (Wildman–Crippen MR) is 92.3 cm³/mol. The average Bonchev–Trinajstić information content (AvgIpc) is 2.60. The van der Waals surface area contributed by atoms with Gasteiger partial charge < -0.3 is 9.80 Å². The molecule has 0 bridgehead atoms. The van der Waals surface area contributed by atoms with Gasteiger partial charge in [0.25, 0.3) is 0 Å². The van der Waals surface area contributed by atoms with Crippen molar-refractivity contribution in [1.82, 2.24) is 14.9 Å². The molecule has 1 aromatic carbocycles. The number of aromatic nitrogens is 2. The van der Waals surface area contributed by atoms with Crippen LogP contribution in [0.3, 0.4) is 0 Å². The van der Waals surface area contributed by atoms with Crippen LogP contribution in [0, 0.1) is 5.82 Å². The molecule has 5 heteroatoms. The second-order valence-electron chi connectivity index (χ2n) is 6.53. The van der Waals surface area contributed by atoms with Crippen molar-refractivity contribution >= 4 is 16.7 Å². The highest BCUT2D eigenvalue weighted by Crippen LogP contribution is 2.24. The Morgan fingerprint density at radius 2 is 1.87 bits per heavy atom. The largest absolute Gasteiger partial charge is 0.358 e. The maximum absolute atomic E-state index is 13.9. The molecule has 124 valence electrons. The Morgan fingerprint density at radius 3 is 2.65 bits per heavy atom.